The van der Waals surface area contributed by atoms with E-state index >= 15 is 0 Å². The number of furan rings is 1. The molecule has 0 spiro atoms. The van der Waals surface area contributed by atoms with Crippen LogP contribution in [0.3, 0.4) is 0 Å². The van der Waals surface area contributed by atoms with Gasteiger partial charge in [-0.2, -0.15) is 11.3 Å². The van der Waals surface area contributed by atoms with E-state index in [4.69, 9.17) is 4.42 Å². The Morgan fingerprint density at radius 3 is 2.62 bits per heavy atom. The predicted octanol–water partition coefficient (Wildman–Crippen LogP) is 3.50. The highest BCUT2D eigenvalue weighted by Gasteiger charge is 2.01. The van der Waals surface area contributed by atoms with Crippen molar-refractivity contribution >= 4 is 11.3 Å². The Bertz CT molecular complexity index is 444. The molecule has 0 amide bonds. The molecule has 0 fully saturated rings. The van der Waals surface area contributed by atoms with Gasteiger partial charge in [-0.25, -0.2) is 0 Å². The molecule has 0 aliphatic heterocycles. The van der Waals surface area contributed by atoms with Crippen molar-refractivity contribution < 1.29 is 4.42 Å². The van der Waals surface area contributed by atoms with Crippen LogP contribution in [0.5, 0.6) is 0 Å². The SMILES string of the molecule is CCc1ccc(CNCc2cscc2C)o1. The van der Waals surface area contributed by atoms with Gasteiger partial charge < -0.3 is 9.73 Å². The molecule has 2 nitrogen and oxygen atoms in total. The fourth-order valence-electron chi connectivity index (χ4n) is 1.60. The van der Waals surface area contributed by atoms with Crippen LogP contribution in [-0.4, -0.2) is 0 Å². The fraction of sp³-hybridized carbons (Fsp3) is 0.385. The molecule has 2 rings (SSSR count). The lowest BCUT2D eigenvalue weighted by Crippen LogP contribution is -2.12. The van der Waals surface area contributed by atoms with Crippen molar-refractivity contribution in [3.63, 3.8) is 0 Å². The van der Waals surface area contributed by atoms with Crippen LogP contribution < -0.4 is 5.32 Å². The van der Waals surface area contributed by atoms with Crippen molar-refractivity contribution in [2.24, 2.45) is 0 Å². The maximum atomic E-state index is 5.62. The minimum atomic E-state index is 0.801. The van der Waals surface area contributed by atoms with E-state index in [1.807, 2.05) is 12.1 Å². The molecule has 0 aliphatic rings. The lowest BCUT2D eigenvalue weighted by atomic mass is 10.2. The highest BCUT2D eigenvalue weighted by molar-refractivity contribution is 7.08. The number of hydrogen-bond acceptors (Lipinski definition) is 3. The Balaban J connectivity index is 1.82. The van der Waals surface area contributed by atoms with E-state index in [9.17, 15) is 0 Å². The van der Waals surface area contributed by atoms with Crippen LogP contribution in [0.15, 0.2) is 27.3 Å². The standard InChI is InChI=1S/C13H17NOS/c1-3-12-4-5-13(15-12)7-14-6-11-9-16-8-10(11)2/h4-5,8-9,14H,3,6-7H2,1-2H3. The quantitative estimate of drug-likeness (QED) is 0.858. The summed E-state index contributed by atoms with van der Waals surface area (Å²) in [4.78, 5) is 0. The molecule has 0 saturated carbocycles. The molecule has 1 N–H and O–H groups in total. The van der Waals surface area contributed by atoms with Gasteiger partial charge in [-0.1, -0.05) is 6.92 Å². The molecule has 0 aliphatic carbocycles. The molecule has 3 heteroatoms. The molecule has 0 unspecified atom stereocenters. The van der Waals surface area contributed by atoms with Crippen LogP contribution in [0.2, 0.25) is 0 Å². The monoisotopic (exact) mass is 235 g/mol. The molecule has 0 aromatic carbocycles. The minimum absolute atomic E-state index is 0.801. The summed E-state index contributed by atoms with van der Waals surface area (Å²) in [7, 11) is 0. The third kappa shape index (κ3) is 2.74. The van der Waals surface area contributed by atoms with E-state index in [0.717, 1.165) is 31.0 Å². The summed E-state index contributed by atoms with van der Waals surface area (Å²) >= 11 is 1.76. The van der Waals surface area contributed by atoms with E-state index in [-0.39, 0.29) is 0 Å². The first-order chi connectivity index (χ1) is 7.79. The number of hydrogen-bond donors (Lipinski definition) is 1. The van der Waals surface area contributed by atoms with Gasteiger partial charge in [0.05, 0.1) is 6.54 Å². The van der Waals surface area contributed by atoms with Gasteiger partial charge in [-0.3, -0.25) is 0 Å². The second-order valence-electron chi connectivity index (χ2n) is 3.91. The van der Waals surface area contributed by atoms with Gasteiger partial charge in [-0.15, -0.1) is 0 Å². The Hall–Kier alpha value is -1.06. The average Bonchev–Trinajstić information content (AvgIpc) is 2.89. The Kier molecular flexibility index (Phi) is 3.80. The van der Waals surface area contributed by atoms with Gasteiger partial charge in [0.25, 0.3) is 0 Å². The first-order valence-corrected chi connectivity index (χ1v) is 6.54. The van der Waals surface area contributed by atoms with E-state index in [1.54, 1.807) is 11.3 Å². The van der Waals surface area contributed by atoms with Crippen molar-refractivity contribution in [1.29, 1.82) is 0 Å². The molecular formula is C13H17NOS. The first-order valence-electron chi connectivity index (χ1n) is 5.59. The van der Waals surface area contributed by atoms with Crippen LogP contribution >= 0.6 is 11.3 Å². The summed E-state index contributed by atoms with van der Waals surface area (Å²) in [5.41, 5.74) is 2.75. The second-order valence-corrected chi connectivity index (χ2v) is 4.65. The molecule has 2 aromatic heterocycles. The summed E-state index contributed by atoms with van der Waals surface area (Å²) in [6.45, 7) is 5.97. The van der Waals surface area contributed by atoms with Crippen molar-refractivity contribution in [1.82, 2.24) is 5.32 Å². The molecule has 0 radical (unpaired) electrons. The molecule has 2 heterocycles. The summed E-state index contributed by atoms with van der Waals surface area (Å²) in [5, 5.41) is 7.77. The molecule has 86 valence electrons. The summed E-state index contributed by atoms with van der Waals surface area (Å²) < 4.78 is 5.62. The number of nitrogens with one attached hydrogen (secondary N) is 1. The van der Waals surface area contributed by atoms with Crippen molar-refractivity contribution in [3.8, 4) is 0 Å². The maximum Gasteiger partial charge on any atom is 0.117 e. The predicted molar refractivity (Wildman–Crippen MR) is 67.7 cm³/mol. The van der Waals surface area contributed by atoms with Crippen molar-refractivity contribution in [2.75, 3.05) is 0 Å². The van der Waals surface area contributed by atoms with Gasteiger partial charge in [0.1, 0.15) is 11.5 Å². The summed E-state index contributed by atoms with van der Waals surface area (Å²) in [6, 6.07) is 4.10. The van der Waals surface area contributed by atoms with Crippen LogP contribution in [-0.2, 0) is 19.5 Å². The van der Waals surface area contributed by atoms with E-state index in [0.29, 0.717) is 0 Å². The lowest BCUT2D eigenvalue weighted by molar-refractivity contribution is 0.450. The van der Waals surface area contributed by atoms with Gasteiger partial charge in [-0.05, 0) is 40.9 Å². The fourth-order valence-corrected chi connectivity index (χ4v) is 2.45. The third-order valence-electron chi connectivity index (χ3n) is 2.64. The third-order valence-corrected chi connectivity index (χ3v) is 3.55. The average molecular weight is 235 g/mol. The highest BCUT2D eigenvalue weighted by atomic mass is 32.1. The Morgan fingerprint density at radius 1 is 1.19 bits per heavy atom. The smallest absolute Gasteiger partial charge is 0.117 e. The lowest BCUT2D eigenvalue weighted by Gasteiger charge is -2.02. The van der Waals surface area contributed by atoms with Gasteiger partial charge in [0.15, 0.2) is 0 Å². The van der Waals surface area contributed by atoms with Crippen LogP contribution in [0, 0.1) is 6.92 Å². The summed E-state index contributed by atoms with van der Waals surface area (Å²) in [5.74, 6) is 2.08. The number of aryl methyl sites for hydroxylation is 2. The molecule has 2 aromatic rings. The van der Waals surface area contributed by atoms with Crippen molar-refractivity contribution in [2.45, 2.75) is 33.4 Å². The maximum absolute atomic E-state index is 5.62. The molecule has 16 heavy (non-hydrogen) atoms. The van der Waals surface area contributed by atoms with Gasteiger partial charge in [0.2, 0.25) is 0 Å². The molecular weight excluding hydrogens is 218 g/mol. The largest absolute Gasteiger partial charge is 0.465 e. The zero-order valence-corrected chi connectivity index (χ0v) is 10.6. The normalized spacial score (nSPS) is 10.9. The van der Waals surface area contributed by atoms with E-state index in [1.165, 1.54) is 11.1 Å². The number of rotatable bonds is 5. The Morgan fingerprint density at radius 2 is 2.00 bits per heavy atom. The molecule has 0 saturated heterocycles. The first kappa shape index (κ1) is 11.4. The van der Waals surface area contributed by atoms with Crippen LogP contribution in [0.25, 0.3) is 0 Å². The van der Waals surface area contributed by atoms with Gasteiger partial charge in [0, 0.05) is 13.0 Å². The zero-order valence-electron chi connectivity index (χ0n) is 9.75. The number of thiophene rings is 1. The molecule has 0 bridgehead atoms. The van der Waals surface area contributed by atoms with Gasteiger partial charge >= 0.3 is 0 Å². The zero-order chi connectivity index (χ0) is 11.4. The summed E-state index contributed by atoms with van der Waals surface area (Å²) in [6.07, 6.45) is 0.962. The van der Waals surface area contributed by atoms with E-state index in [2.05, 4.69) is 29.9 Å². The molecule has 0 atom stereocenters. The van der Waals surface area contributed by atoms with Crippen LogP contribution in [0.1, 0.15) is 29.6 Å². The Labute approximate surface area is 100 Å². The topological polar surface area (TPSA) is 25.2 Å². The van der Waals surface area contributed by atoms with Crippen LogP contribution in [0.4, 0.5) is 0 Å². The van der Waals surface area contributed by atoms with E-state index < -0.39 is 0 Å². The van der Waals surface area contributed by atoms with Crippen molar-refractivity contribution in [3.05, 3.63) is 45.5 Å². The second kappa shape index (κ2) is 5.32. The highest BCUT2D eigenvalue weighted by Crippen LogP contribution is 2.13. The minimum Gasteiger partial charge on any atom is -0.465 e.